The number of nitrogens with zero attached hydrogens (tertiary/aromatic N) is 1. The first-order chi connectivity index (χ1) is 11.1. The highest BCUT2D eigenvalue weighted by Gasteiger charge is 2.04. The zero-order chi connectivity index (χ0) is 16.7. The van der Waals surface area contributed by atoms with Crippen molar-refractivity contribution >= 4 is 41.0 Å². The van der Waals surface area contributed by atoms with Gasteiger partial charge < -0.3 is 14.9 Å². The third kappa shape index (κ3) is 5.16. The van der Waals surface area contributed by atoms with Crippen LogP contribution in [0.25, 0.3) is 0 Å². The van der Waals surface area contributed by atoms with Crippen molar-refractivity contribution in [3.05, 3.63) is 58.1 Å². The summed E-state index contributed by atoms with van der Waals surface area (Å²) in [4.78, 5) is 16.7. The van der Waals surface area contributed by atoms with Gasteiger partial charge in [0.15, 0.2) is 6.61 Å². The van der Waals surface area contributed by atoms with Gasteiger partial charge in [-0.3, -0.25) is 4.79 Å². The minimum absolute atomic E-state index is 0.230. The molecular formula is C16H14Cl2N2O3. The first-order valence-corrected chi connectivity index (χ1v) is 7.39. The predicted octanol–water partition coefficient (Wildman–Crippen LogP) is 3.99. The van der Waals surface area contributed by atoms with Gasteiger partial charge >= 0.3 is 0 Å². The van der Waals surface area contributed by atoms with E-state index in [1.807, 2.05) is 0 Å². The molecule has 2 aromatic rings. The molecule has 2 rings (SSSR count). The number of halogens is 2. The smallest absolute Gasteiger partial charge is 0.265 e. The number of benzene rings is 2. The maximum Gasteiger partial charge on any atom is 0.265 e. The summed E-state index contributed by atoms with van der Waals surface area (Å²) in [6, 6.07) is 12.1. The number of anilines is 1. The summed E-state index contributed by atoms with van der Waals surface area (Å²) >= 11 is 11.9. The Morgan fingerprint density at radius 2 is 2.04 bits per heavy atom. The van der Waals surface area contributed by atoms with E-state index in [2.05, 4.69) is 10.5 Å². The Morgan fingerprint density at radius 3 is 2.83 bits per heavy atom. The fraction of sp³-hybridized carbons (Fsp3) is 0.125. The summed E-state index contributed by atoms with van der Waals surface area (Å²) in [7, 11) is 1.56. The Balaban J connectivity index is 1.84. The molecule has 5 nitrogen and oxygen atoms in total. The molecular weight excluding hydrogens is 339 g/mol. The van der Waals surface area contributed by atoms with Crippen LogP contribution >= 0.6 is 23.2 Å². The Labute approximate surface area is 143 Å². The van der Waals surface area contributed by atoms with E-state index in [0.717, 1.165) is 0 Å². The molecule has 0 radical (unpaired) electrons. The van der Waals surface area contributed by atoms with E-state index in [4.69, 9.17) is 32.8 Å². The number of carbonyl (C=O) groups excluding carboxylic acids is 1. The number of methoxy groups -OCH3 is 1. The highest BCUT2D eigenvalue weighted by Crippen LogP contribution is 2.24. The Kier molecular flexibility index (Phi) is 6.26. The molecule has 23 heavy (non-hydrogen) atoms. The molecule has 120 valence electrons. The SMILES string of the molecule is COc1cccc(NC(=O)CO/N=C\c2cccc(Cl)c2Cl)c1. The number of ether oxygens (including phenoxy) is 1. The number of amides is 1. The van der Waals surface area contributed by atoms with E-state index in [9.17, 15) is 4.79 Å². The van der Waals surface area contributed by atoms with Crippen LogP contribution in [-0.4, -0.2) is 25.8 Å². The lowest BCUT2D eigenvalue weighted by Gasteiger charge is -2.06. The zero-order valence-corrected chi connectivity index (χ0v) is 13.8. The molecule has 0 unspecified atom stereocenters. The molecule has 1 amide bonds. The lowest BCUT2D eigenvalue weighted by atomic mass is 10.2. The maximum absolute atomic E-state index is 11.7. The lowest BCUT2D eigenvalue weighted by molar-refractivity contribution is -0.120. The molecule has 0 aliphatic rings. The fourth-order valence-corrected chi connectivity index (χ4v) is 2.06. The van der Waals surface area contributed by atoms with E-state index in [-0.39, 0.29) is 12.5 Å². The molecule has 2 aromatic carbocycles. The van der Waals surface area contributed by atoms with E-state index in [1.54, 1.807) is 49.6 Å². The number of hydrogen-bond donors (Lipinski definition) is 1. The largest absolute Gasteiger partial charge is 0.497 e. The molecule has 0 bridgehead atoms. The second-order valence-corrected chi connectivity index (χ2v) is 5.22. The van der Waals surface area contributed by atoms with Crippen LogP contribution in [0, 0.1) is 0 Å². The van der Waals surface area contributed by atoms with E-state index < -0.39 is 0 Å². The second-order valence-electron chi connectivity index (χ2n) is 4.43. The van der Waals surface area contributed by atoms with Gasteiger partial charge in [0, 0.05) is 17.3 Å². The Bertz CT molecular complexity index is 720. The molecule has 0 heterocycles. The number of carbonyl (C=O) groups is 1. The van der Waals surface area contributed by atoms with E-state index in [1.165, 1.54) is 6.21 Å². The molecule has 0 aliphatic carbocycles. The Morgan fingerprint density at radius 1 is 1.26 bits per heavy atom. The molecule has 7 heteroatoms. The Hall–Kier alpha value is -2.24. The van der Waals surface area contributed by atoms with Crippen LogP contribution in [0.15, 0.2) is 47.6 Å². The van der Waals surface area contributed by atoms with Gasteiger partial charge in [-0.1, -0.05) is 46.6 Å². The lowest BCUT2D eigenvalue weighted by Crippen LogP contribution is -2.16. The van der Waals surface area contributed by atoms with Crippen molar-refractivity contribution in [1.82, 2.24) is 0 Å². The summed E-state index contributed by atoms with van der Waals surface area (Å²) in [5, 5.41) is 7.18. The van der Waals surface area contributed by atoms with Gasteiger partial charge in [0.1, 0.15) is 5.75 Å². The first-order valence-electron chi connectivity index (χ1n) is 6.63. The zero-order valence-electron chi connectivity index (χ0n) is 12.3. The van der Waals surface area contributed by atoms with Gasteiger partial charge in [-0.05, 0) is 18.2 Å². The quantitative estimate of drug-likeness (QED) is 0.631. The number of nitrogens with one attached hydrogen (secondary N) is 1. The third-order valence-electron chi connectivity index (χ3n) is 2.80. The van der Waals surface area contributed by atoms with Crippen LogP contribution in [0.2, 0.25) is 10.0 Å². The fourth-order valence-electron chi connectivity index (χ4n) is 1.71. The number of hydrogen-bond acceptors (Lipinski definition) is 4. The first kappa shape index (κ1) is 17.1. The van der Waals surface area contributed by atoms with Gasteiger partial charge in [-0.2, -0.15) is 0 Å². The molecule has 0 saturated heterocycles. The third-order valence-corrected chi connectivity index (χ3v) is 3.63. The van der Waals surface area contributed by atoms with Crippen molar-refractivity contribution in [3.63, 3.8) is 0 Å². The monoisotopic (exact) mass is 352 g/mol. The van der Waals surface area contributed by atoms with Crippen LogP contribution in [0.5, 0.6) is 5.75 Å². The van der Waals surface area contributed by atoms with Crippen molar-refractivity contribution < 1.29 is 14.4 Å². The van der Waals surface area contributed by atoms with Crippen LogP contribution in [0.3, 0.4) is 0 Å². The summed E-state index contributed by atoms with van der Waals surface area (Å²) in [5.41, 5.74) is 1.21. The molecule has 0 spiro atoms. The van der Waals surface area contributed by atoms with Crippen molar-refractivity contribution in [3.8, 4) is 5.75 Å². The normalized spacial score (nSPS) is 10.6. The van der Waals surface area contributed by atoms with Gasteiger partial charge in [0.05, 0.1) is 23.4 Å². The average molecular weight is 353 g/mol. The van der Waals surface area contributed by atoms with Gasteiger partial charge in [0.2, 0.25) is 0 Å². The van der Waals surface area contributed by atoms with Crippen molar-refractivity contribution in [1.29, 1.82) is 0 Å². The van der Waals surface area contributed by atoms with Gasteiger partial charge in [0.25, 0.3) is 5.91 Å². The molecule has 0 atom stereocenters. The topological polar surface area (TPSA) is 59.9 Å². The van der Waals surface area contributed by atoms with E-state index >= 15 is 0 Å². The summed E-state index contributed by atoms with van der Waals surface area (Å²) in [5.74, 6) is 0.310. The average Bonchev–Trinajstić information content (AvgIpc) is 2.55. The summed E-state index contributed by atoms with van der Waals surface area (Å²) in [6.45, 7) is -0.230. The van der Waals surface area contributed by atoms with Gasteiger partial charge in [-0.15, -0.1) is 0 Å². The van der Waals surface area contributed by atoms with Crippen molar-refractivity contribution in [2.75, 3.05) is 19.0 Å². The van der Waals surface area contributed by atoms with Crippen LogP contribution < -0.4 is 10.1 Å². The minimum Gasteiger partial charge on any atom is -0.497 e. The van der Waals surface area contributed by atoms with Crippen molar-refractivity contribution in [2.24, 2.45) is 5.16 Å². The molecule has 0 saturated carbocycles. The van der Waals surface area contributed by atoms with Crippen LogP contribution in [0.1, 0.15) is 5.56 Å². The predicted molar refractivity (Wildman–Crippen MR) is 91.6 cm³/mol. The second kappa shape index (κ2) is 8.41. The molecule has 1 N–H and O–H groups in total. The van der Waals surface area contributed by atoms with Crippen LogP contribution in [-0.2, 0) is 9.63 Å². The van der Waals surface area contributed by atoms with Crippen LogP contribution in [0.4, 0.5) is 5.69 Å². The van der Waals surface area contributed by atoms with E-state index in [0.29, 0.717) is 27.0 Å². The number of oxime groups is 1. The summed E-state index contributed by atoms with van der Waals surface area (Å²) < 4.78 is 5.08. The molecule has 0 aliphatic heterocycles. The summed E-state index contributed by atoms with van der Waals surface area (Å²) in [6.07, 6.45) is 1.40. The molecule has 0 fully saturated rings. The standard InChI is InChI=1S/C16H14Cl2N2O3/c1-22-13-6-3-5-12(8-13)20-15(21)10-23-19-9-11-4-2-7-14(17)16(11)18/h2-9H,10H2,1H3,(H,20,21)/b19-9-. The number of rotatable bonds is 6. The van der Waals surface area contributed by atoms with Crippen molar-refractivity contribution in [2.45, 2.75) is 0 Å². The van der Waals surface area contributed by atoms with Gasteiger partial charge in [-0.25, -0.2) is 0 Å². The maximum atomic E-state index is 11.7. The highest BCUT2D eigenvalue weighted by atomic mass is 35.5. The molecule has 0 aromatic heterocycles. The minimum atomic E-state index is -0.340. The highest BCUT2D eigenvalue weighted by molar-refractivity contribution is 6.43.